The highest BCUT2D eigenvalue weighted by Gasteiger charge is 2.34. The van der Waals surface area contributed by atoms with Gasteiger partial charge >= 0.3 is 6.18 Å². The molecule has 3 N–H and O–H groups in total. The van der Waals surface area contributed by atoms with Crippen molar-refractivity contribution in [3.63, 3.8) is 0 Å². The Labute approximate surface area is 180 Å². The summed E-state index contributed by atoms with van der Waals surface area (Å²) in [4.78, 5) is 16.0. The number of carbonyl (C=O) groups is 1. The Hall–Kier alpha value is -4.28. The van der Waals surface area contributed by atoms with E-state index in [4.69, 9.17) is 10.1 Å². The van der Waals surface area contributed by atoms with Crippen LogP contribution in [0.2, 0.25) is 0 Å². The lowest BCUT2D eigenvalue weighted by Crippen LogP contribution is -2.21. The maximum absolute atomic E-state index is 13.4. The minimum absolute atomic E-state index is 0.0528. The van der Waals surface area contributed by atoms with Crippen molar-refractivity contribution in [2.24, 2.45) is 0 Å². The maximum Gasteiger partial charge on any atom is 0.431 e. The number of hydrogen-bond acceptors (Lipinski definition) is 7. The van der Waals surface area contributed by atoms with Crippen LogP contribution < -0.4 is 15.4 Å². The van der Waals surface area contributed by atoms with Gasteiger partial charge in [0.15, 0.2) is 11.6 Å². The number of carbonyl (C=O) groups excluding carboxylic acids is 1. The zero-order chi connectivity index (χ0) is 23.1. The maximum atomic E-state index is 13.4. The molecule has 11 heteroatoms. The van der Waals surface area contributed by atoms with Crippen LogP contribution in [-0.2, 0) is 0 Å². The standard InChI is InChI=1S/C21H17F3N6O2/c1-32-15-6-4-13(5-7-15)20(31)28-19-9-8-18(29-30-19)27-17(21(22,23)24)11-16(25)14-3-2-10-26-12-14/h2-12,25H,1H3,(H,27,29)(H,28,30,31)/b17-11-,25-16?. The van der Waals surface area contributed by atoms with E-state index in [9.17, 15) is 18.0 Å². The van der Waals surface area contributed by atoms with Gasteiger partial charge in [0.2, 0.25) is 0 Å². The van der Waals surface area contributed by atoms with Gasteiger partial charge < -0.3 is 20.8 Å². The zero-order valence-electron chi connectivity index (χ0n) is 16.6. The van der Waals surface area contributed by atoms with E-state index in [1.165, 1.54) is 43.8 Å². The van der Waals surface area contributed by atoms with Gasteiger partial charge in [0.25, 0.3) is 5.91 Å². The van der Waals surface area contributed by atoms with E-state index in [1.54, 1.807) is 24.3 Å². The fourth-order valence-electron chi connectivity index (χ4n) is 2.47. The number of pyridine rings is 1. The lowest BCUT2D eigenvalue weighted by atomic mass is 10.1. The molecule has 0 radical (unpaired) electrons. The number of hydrogen-bond donors (Lipinski definition) is 3. The summed E-state index contributed by atoms with van der Waals surface area (Å²) in [6.45, 7) is 0. The molecule has 1 amide bonds. The highest BCUT2D eigenvalue weighted by molar-refractivity contribution is 6.07. The van der Waals surface area contributed by atoms with Crippen LogP contribution in [0.4, 0.5) is 24.8 Å². The van der Waals surface area contributed by atoms with Gasteiger partial charge in [0.1, 0.15) is 11.4 Å². The first kappa shape index (κ1) is 22.4. The Kier molecular flexibility index (Phi) is 6.78. The van der Waals surface area contributed by atoms with Crippen LogP contribution >= 0.6 is 0 Å². The number of amides is 1. The molecule has 2 heterocycles. The molecule has 3 rings (SSSR count). The third-order valence-corrected chi connectivity index (χ3v) is 4.09. The SMILES string of the molecule is COc1ccc(C(=O)Nc2ccc(N/C(=C\C(=N)c3cccnc3)C(F)(F)F)nn2)cc1. The second-order valence-electron chi connectivity index (χ2n) is 6.32. The number of allylic oxidation sites excluding steroid dienone is 2. The second-order valence-corrected chi connectivity index (χ2v) is 6.32. The Morgan fingerprint density at radius 1 is 1.00 bits per heavy atom. The number of rotatable bonds is 7. The van der Waals surface area contributed by atoms with Crippen molar-refractivity contribution in [2.75, 3.05) is 17.7 Å². The van der Waals surface area contributed by atoms with Crippen molar-refractivity contribution in [2.45, 2.75) is 6.18 Å². The fourth-order valence-corrected chi connectivity index (χ4v) is 2.47. The number of anilines is 2. The molecule has 0 unspecified atom stereocenters. The number of halogens is 3. The van der Waals surface area contributed by atoms with Crippen LogP contribution in [0.5, 0.6) is 5.75 Å². The molecule has 0 fully saturated rings. The van der Waals surface area contributed by atoms with Crippen LogP contribution in [0.1, 0.15) is 15.9 Å². The molecule has 0 bridgehead atoms. The summed E-state index contributed by atoms with van der Waals surface area (Å²) in [7, 11) is 1.50. The van der Waals surface area contributed by atoms with Gasteiger partial charge in [-0.15, -0.1) is 10.2 Å². The molecule has 1 aromatic carbocycles. The van der Waals surface area contributed by atoms with Gasteiger partial charge in [0.05, 0.1) is 12.8 Å². The third-order valence-electron chi connectivity index (χ3n) is 4.09. The van der Waals surface area contributed by atoms with Crippen LogP contribution in [-0.4, -0.2) is 40.1 Å². The van der Waals surface area contributed by atoms with E-state index >= 15 is 0 Å². The molecular weight excluding hydrogens is 425 g/mol. The summed E-state index contributed by atoms with van der Waals surface area (Å²) in [5, 5.41) is 19.9. The van der Waals surface area contributed by atoms with Gasteiger partial charge in [-0.2, -0.15) is 13.2 Å². The second kappa shape index (κ2) is 9.69. The largest absolute Gasteiger partial charge is 0.497 e. The average molecular weight is 442 g/mol. The molecule has 2 aromatic heterocycles. The predicted molar refractivity (Wildman–Crippen MR) is 112 cm³/mol. The van der Waals surface area contributed by atoms with E-state index in [-0.39, 0.29) is 22.9 Å². The molecule has 0 aliphatic heterocycles. The molecule has 8 nitrogen and oxygen atoms in total. The van der Waals surface area contributed by atoms with Gasteiger partial charge in [0, 0.05) is 23.5 Å². The summed E-state index contributed by atoms with van der Waals surface area (Å²) in [6.07, 6.45) is -1.39. The van der Waals surface area contributed by atoms with Crippen molar-refractivity contribution in [1.29, 1.82) is 5.41 Å². The number of nitrogens with zero attached hydrogens (tertiary/aromatic N) is 3. The number of benzene rings is 1. The first-order valence-electron chi connectivity index (χ1n) is 9.10. The monoisotopic (exact) mass is 442 g/mol. The molecule has 3 aromatic rings. The summed E-state index contributed by atoms with van der Waals surface area (Å²) in [5.41, 5.74) is -1.02. The Bertz CT molecular complexity index is 1120. The number of alkyl halides is 3. The smallest absolute Gasteiger partial charge is 0.431 e. The fraction of sp³-hybridized carbons (Fsp3) is 0.0952. The lowest BCUT2D eigenvalue weighted by molar-refractivity contribution is -0.0901. The highest BCUT2D eigenvalue weighted by Crippen LogP contribution is 2.27. The molecule has 0 aliphatic carbocycles. The van der Waals surface area contributed by atoms with E-state index < -0.39 is 17.8 Å². The Morgan fingerprint density at radius 2 is 1.66 bits per heavy atom. The Morgan fingerprint density at radius 3 is 2.19 bits per heavy atom. The summed E-state index contributed by atoms with van der Waals surface area (Å²) >= 11 is 0. The van der Waals surface area contributed by atoms with Gasteiger partial charge in [-0.3, -0.25) is 9.78 Å². The van der Waals surface area contributed by atoms with Crippen LogP contribution in [0, 0.1) is 5.41 Å². The zero-order valence-corrected chi connectivity index (χ0v) is 16.6. The van der Waals surface area contributed by atoms with Crippen molar-refractivity contribution >= 4 is 23.3 Å². The van der Waals surface area contributed by atoms with Gasteiger partial charge in [-0.1, -0.05) is 0 Å². The van der Waals surface area contributed by atoms with E-state index in [2.05, 4.69) is 25.8 Å². The van der Waals surface area contributed by atoms with Crippen molar-refractivity contribution < 1.29 is 22.7 Å². The van der Waals surface area contributed by atoms with Crippen LogP contribution in [0.15, 0.2) is 72.7 Å². The molecule has 164 valence electrons. The first-order chi connectivity index (χ1) is 15.3. The number of ether oxygens (including phenoxy) is 1. The summed E-state index contributed by atoms with van der Waals surface area (Å²) in [5.74, 6) is -0.0441. The molecule has 0 saturated carbocycles. The van der Waals surface area contributed by atoms with Gasteiger partial charge in [-0.05, 0) is 54.6 Å². The molecule has 32 heavy (non-hydrogen) atoms. The van der Waals surface area contributed by atoms with E-state index in [1.807, 2.05) is 0 Å². The topological polar surface area (TPSA) is 113 Å². The Balaban J connectivity index is 1.71. The van der Waals surface area contributed by atoms with Crippen molar-refractivity contribution in [1.82, 2.24) is 15.2 Å². The summed E-state index contributed by atoms with van der Waals surface area (Å²) < 4.78 is 45.3. The van der Waals surface area contributed by atoms with Crippen molar-refractivity contribution in [3.05, 3.63) is 83.8 Å². The molecule has 0 saturated heterocycles. The van der Waals surface area contributed by atoms with E-state index in [0.29, 0.717) is 17.4 Å². The lowest BCUT2D eigenvalue weighted by Gasteiger charge is -2.14. The number of aromatic nitrogens is 3. The third kappa shape index (κ3) is 5.88. The summed E-state index contributed by atoms with van der Waals surface area (Å²) in [6, 6.07) is 11.8. The minimum Gasteiger partial charge on any atom is -0.497 e. The number of nitrogens with one attached hydrogen (secondary N) is 3. The minimum atomic E-state index is -4.77. The highest BCUT2D eigenvalue weighted by atomic mass is 19.4. The normalized spacial score (nSPS) is 11.6. The average Bonchev–Trinajstić information content (AvgIpc) is 2.79. The molecule has 0 aliphatic rings. The van der Waals surface area contributed by atoms with E-state index in [0.717, 1.165) is 0 Å². The van der Waals surface area contributed by atoms with Crippen LogP contribution in [0.3, 0.4) is 0 Å². The molecule has 0 atom stereocenters. The first-order valence-corrected chi connectivity index (χ1v) is 9.10. The molecular formula is C21H17F3N6O2. The van der Waals surface area contributed by atoms with Crippen molar-refractivity contribution in [3.8, 4) is 5.75 Å². The van der Waals surface area contributed by atoms with Crippen LogP contribution in [0.25, 0.3) is 0 Å². The number of methoxy groups -OCH3 is 1. The quantitative estimate of drug-likeness (QED) is 0.476. The molecule has 0 spiro atoms. The van der Waals surface area contributed by atoms with Gasteiger partial charge in [-0.25, -0.2) is 0 Å². The predicted octanol–water partition coefficient (Wildman–Crippen LogP) is 4.06.